The minimum absolute atomic E-state index is 0.274. The third-order valence-electron chi connectivity index (χ3n) is 3.38. The molecule has 0 bridgehead atoms. The zero-order valence-corrected chi connectivity index (χ0v) is 13.1. The highest BCUT2D eigenvalue weighted by molar-refractivity contribution is 9.10. The minimum Gasteiger partial charge on any atom is -0.390 e. The van der Waals surface area contributed by atoms with E-state index in [9.17, 15) is 8.78 Å². The van der Waals surface area contributed by atoms with Crippen molar-refractivity contribution in [1.82, 2.24) is 10.2 Å². The molecule has 1 aromatic carbocycles. The topological polar surface area (TPSA) is 35.5 Å². The van der Waals surface area contributed by atoms with E-state index >= 15 is 0 Å². The van der Waals surface area contributed by atoms with Gasteiger partial charge >= 0.3 is 0 Å². The molecule has 0 radical (unpaired) electrons. The van der Waals surface area contributed by atoms with Gasteiger partial charge in [0, 0.05) is 35.7 Å². The van der Waals surface area contributed by atoms with Gasteiger partial charge in [0.15, 0.2) is 0 Å². The number of aliphatic hydroxyl groups excluding tert-OH is 1. The molecule has 1 aromatic rings. The van der Waals surface area contributed by atoms with Crippen LogP contribution in [0.4, 0.5) is 8.78 Å². The number of hydrogen-bond donors (Lipinski definition) is 2. The van der Waals surface area contributed by atoms with Gasteiger partial charge in [-0.2, -0.15) is 0 Å². The van der Waals surface area contributed by atoms with Crippen LogP contribution >= 0.6 is 27.5 Å². The summed E-state index contributed by atoms with van der Waals surface area (Å²) in [7, 11) is 0. The maximum atomic E-state index is 14.2. The highest BCUT2D eigenvalue weighted by atomic mass is 79.9. The van der Waals surface area contributed by atoms with Crippen LogP contribution in [0.2, 0.25) is 5.02 Å². The molecular formula is C13H16BrClF2N2O. The number of halogens is 4. The molecule has 1 aliphatic heterocycles. The van der Waals surface area contributed by atoms with Gasteiger partial charge in [-0.1, -0.05) is 33.6 Å². The second-order valence-electron chi connectivity index (χ2n) is 4.77. The van der Waals surface area contributed by atoms with Crippen LogP contribution in [0.3, 0.4) is 0 Å². The summed E-state index contributed by atoms with van der Waals surface area (Å²) >= 11 is 9.38. The Morgan fingerprint density at radius 3 is 2.60 bits per heavy atom. The van der Waals surface area contributed by atoms with E-state index in [1.165, 1.54) is 0 Å². The maximum Gasteiger partial charge on any atom is 0.289 e. The predicted octanol–water partition coefficient (Wildman–Crippen LogP) is 2.68. The lowest BCUT2D eigenvalue weighted by Crippen LogP contribution is -2.51. The normalized spacial score (nSPS) is 19.1. The van der Waals surface area contributed by atoms with Crippen molar-refractivity contribution in [3.05, 3.63) is 33.3 Å². The summed E-state index contributed by atoms with van der Waals surface area (Å²) in [4.78, 5) is 1.67. The van der Waals surface area contributed by atoms with E-state index in [4.69, 9.17) is 16.7 Å². The number of rotatable bonds is 4. The van der Waals surface area contributed by atoms with Gasteiger partial charge in [-0.15, -0.1) is 0 Å². The molecule has 1 atom stereocenters. The average Bonchev–Trinajstić information content (AvgIpc) is 2.43. The molecule has 1 heterocycles. The zero-order valence-electron chi connectivity index (χ0n) is 10.8. The highest BCUT2D eigenvalue weighted by Gasteiger charge is 2.44. The molecule has 0 spiro atoms. The summed E-state index contributed by atoms with van der Waals surface area (Å²) in [5.74, 6) is -3.24. The Morgan fingerprint density at radius 2 is 2.05 bits per heavy atom. The molecule has 1 saturated heterocycles. The van der Waals surface area contributed by atoms with Gasteiger partial charge < -0.3 is 10.4 Å². The van der Waals surface area contributed by atoms with Crippen molar-refractivity contribution >= 4 is 27.5 Å². The first-order valence-corrected chi connectivity index (χ1v) is 7.51. The van der Waals surface area contributed by atoms with Gasteiger partial charge in [-0.3, -0.25) is 4.90 Å². The number of alkyl halides is 2. The van der Waals surface area contributed by atoms with Crippen molar-refractivity contribution in [3.63, 3.8) is 0 Å². The summed E-state index contributed by atoms with van der Waals surface area (Å²) in [5.41, 5.74) is 0.343. The first-order valence-electron chi connectivity index (χ1n) is 6.34. The molecule has 0 amide bonds. The number of nitrogens with zero attached hydrogens (tertiary/aromatic N) is 1. The van der Waals surface area contributed by atoms with Crippen LogP contribution in [0.1, 0.15) is 11.6 Å². The lowest BCUT2D eigenvalue weighted by molar-refractivity contribution is -0.118. The number of aliphatic hydroxyl groups is 1. The maximum absolute atomic E-state index is 14.2. The van der Waals surface area contributed by atoms with Crippen LogP contribution in [0.5, 0.6) is 0 Å². The Balaban J connectivity index is 2.39. The molecule has 0 saturated carbocycles. The second-order valence-corrected chi connectivity index (χ2v) is 6.10. The Hall–Kier alpha value is -0.270. The predicted molar refractivity (Wildman–Crippen MR) is 78.4 cm³/mol. The van der Waals surface area contributed by atoms with Gasteiger partial charge in [-0.25, -0.2) is 8.78 Å². The van der Waals surface area contributed by atoms with Crippen LogP contribution in [0.25, 0.3) is 0 Å². The van der Waals surface area contributed by atoms with Gasteiger partial charge in [0.1, 0.15) is 12.6 Å². The monoisotopic (exact) mass is 368 g/mol. The quantitative estimate of drug-likeness (QED) is 0.856. The lowest BCUT2D eigenvalue weighted by atomic mass is 9.98. The summed E-state index contributed by atoms with van der Waals surface area (Å²) < 4.78 is 29.1. The molecule has 2 rings (SSSR count). The molecular weight excluding hydrogens is 354 g/mol. The van der Waals surface area contributed by atoms with Crippen molar-refractivity contribution in [2.75, 3.05) is 32.8 Å². The molecule has 2 N–H and O–H groups in total. The van der Waals surface area contributed by atoms with Crippen LogP contribution in [0.15, 0.2) is 22.7 Å². The second kappa shape index (κ2) is 6.66. The van der Waals surface area contributed by atoms with Gasteiger partial charge in [-0.05, 0) is 17.7 Å². The zero-order chi connectivity index (χ0) is 14.8. The van der Waals surface area contributed by atoms with Gasteiger partial charge in [0.2, 0.25) is 0 Å². The smallest absolute Gasteiger partial charge is 0.289 e. The summed E-state index contributed by atoms with van der Waals surface area (Å²) in [6.45, 7) is 1.07. The van der Waals surface area contributed by atoms with Crippen LogP contribution in [-0.2, 0) is 0 Å². The number of piperazine rings is 1. The summed E-state index contributed by atoms with van der Waals surface area (Å²) in [6, 6.07) is 3.65. The van der Waals surface area contributed by atoms with E-state index < -0.39 is 18.6 Å². The Labute approximate surface area is 130 Å². The first kappa shape index (κ1) is 16.1. The van der Waals surface area contributed by atoms with Crippen LogP contribution in [0, 0.1) is 0 Å². The van der Waals surface area contributed by atoms with E-state index in [-0.39, 0.29) is 5.02 Å². The number of benzene rings is 1. The molecule has 0 aromatic heterocycles. The Bertz CT molecular complexity index is 470. The van der Waals surface area contributed by atoms with Crippen molar-refractivity contribution < 1.29 is 13.9 Å². The van der Waals surface area contributed by atoms with Crippen molar-refractivity contribution in [2.45, 2.75) is 12.0 Å². The molecule has 0 aliphatic carbocycles. The highest BCUT2D eigenvalue weighted by Crippen LogP contribution is 2.40. The summed E-state index contributed by atoms with van der Waals surface area (Å²) in [6.07, 6.45) is 0. The third kappa shape index (κ3) is 3.49. The van der Waals surface area contributed by atoms with Gasteiger partial charge in [0.25, 0.3) is 5.92 Å². The van der Waals surface area contributed by atoms with E-state index in [0.717, 1.165) is 4.47 Å². The number of hydrogen-bond acceptors (Lipinski definition) is 3. The van der Waals surface area contributed by atoms with Gasteiger partial charge in [0.05, 0.1) is 0 Å². The Kier molecular flexibility index (Phi) is 5.36. The molecule has 1 aliphatic rings. The van der Waals surface area contributed by atoms with E-state index in [0.29, 0.717) is 31.7 Å². The minimum atomic E-state index is -3.24. The molecule has 3 nitrogen and oxygen atoms in total. The molecule has 7 heteroatoms. The first-order chi connectivity index (χ1) is 9.45. The van der Waals surface area contributed by atoms with Crippen molar-refractivity contribution in [3.8, 4) is 0 Å². The molecule has 20 heavy (non-hydrogen) atoms. The average molecular weight is 370 g/mol. The van der Waals surface area contributed by atoms with Crippen molar-refractivity contribution in [2.24, 2.45) is 0 Å². The summed E-state index contributed by atoms with van der Waals surface area (Å²) in [5, 5.41) is 12.5. The van der Waals surface area contributed by atoms with E-state index in [1.807, 2.05) is 0 Å². The van der Waals surface area contributed by atoms with E-state index in [2.05, 4.69) is 21.2 Å². The third-order valence-corrected chi connectivity index (χ3v) is 4.21. The van der Waals surface area contributed by atoms with E-state index in [1.54, 1.807) is 23.1 Å². The van der Waals surface area contributed by atoms with Crippen LogP contribution in [-0.4, -0.2) is 48.7 Å². The molecule has 0 unspecified atom stereocenters. The lowest BCUT2D eigenvalue weighted by Gasteiger charge is -2.39. The Morgan fingerprint density at radius 1 is 1.40 bits per heavy atom. The number of nitrogens with one attached hydrogen (secondary N) is 1. The SMILES string of the molecule is OCC(F)(F)[C@@H](c1ccc(Br)cc1Cl)N1CCNCC1. The fourth-order valence-electron chi connectivity index (χ4n) is 2.44. The fourth-order valence-corrected chi connectivity index (χ4v) is 3.22. The van der Waals surface area contributed by atoms with Crippen molar-refractivity contribution in [1.29, 1.82) is 0 Å². The molecule has 112 valence electrons. The largest absolute Gasteiger partial charge is 0.390 e. The standard InChI is InChI=1S/C13H16BrClF2N2O/c14-9-1-2-10(11(15)7-9)12(13(16,17)8-20)19-5-3-18-4-6-19/h1-2,7,12,18,20H,3-6,8H2/t12-/m1/s1. The fraction of sp³-hybridized carbons (Fsp3) is 0.538. The molecule has 1 fully saturated rings. The van der Waals surface area contributed by atoms with Crippen LogP contribution < -0.4 is 5.32 Å².